The monoisotopic (exact) mass is 269 g/mol. The molecule has 2 heterocycles. The normalized spacial score (nSPS) is 11.9. The molecule has 0 aliphatic rings. The van der Waals surface area contributed by atoms with E-state index in [0.717, 1.165) is 5.69 Å². The maximum Gasteiger partial charge on any atom is 0.243 e. The van der Waals surface area contributed by atoms with Gasteiger partial charge < -0.3 is 0 Å². The molecule has 0 atom stereocenters. The van der Waals surface area contributed by atoms with E-state index in [1.54, 1.807) is 17.9 Å². The predicted molar refractivity (Wildman–Crippen MR) is 65.3 cm³/mol. The van der Waals surface area contributed by atoms with Gasteiger partial charge in [0, 0.05) is 45.1 Å². The molecule has 8 heteroatoms. The number of sulfonamides is 1. The van der Waals surface area contributed by atoms with Crippen LogP contribution in [0.25, 0.3) is 0 Å². The molecular formula is C10H15N5O2S. The number of hydrogen-bond acceptors (Lipinski definition) is 4. The van der Waals surface area contributed by atoms with E-state index in [0.29, 0.717) is 13.0 Å². The van der Waals surface area contributed by atoms with E-state index in [4.69, 9.17) is 0 Å². The molecule has 0 unspecified atom stereocenters. The van der Waals surface area contributed by atoms with Crippen LogP contribution in [0.3, 0.4) is 0 Å². The third kappa shape index (κ3) is 2.77. The maximum absolute atomic E-state index is 11.9. The summed E-state index contributed by atoms with van der Waals surface area (Å²) in [7, 11) is 0.0311. The Hall–Kier alpha value is -1.67. The van der Waals surface area contributed by atoms with E-state index in [-0.39, 0.29) is 4.90 Å². The molecule has 0 saturated carbocycles. The van der Waals surface area contributed by atoms with Crippen molar-refractivity contribution in [2.75, 3.05) is 6.54 Å². The summed E-state index contributed by atoms with van der Waals surface area (Å²) in [5.74, 6) is 0. The molecule has 0 fully saturated rings. The molecule has 0 spiro atoms. The molecule has 0 aromatic carbocycles. The number of rotatable bonds is 5. The van der Waals surface area contributed by atoms with E-state index in [2.05, 4.69) is 14.9 Å². The Morgan fingerprint density at radius 2 is 2.11 bits per heavy atom. The summed E-state index contributed by atoms with van der Waals surface area (Å²) in [4.78, 5) is 0.176. The first-order valence-electron chi connectivity index (χ1n) is 5.44. The lowest BCUT2D eigenvalue weighted by Crippen LogP contribution is -2.26. The fraction of sp³-hybridized carbons (Fsp3) is 0.400. The van der Waals surface area contributed by atoms with E-state index in [9.17, 15) is 8.42 Å². The van der Waals surface area contributed by atoms with Crippen LogP contribution < -0.4 is 4.72 Å². The molecular weight excluding hydrogens is 254 g/mol. The largest absolute Gasteiger partial charge is 0.274 e. The number of aromatic nitrogens is 4. The highest BCUT2D eigenvalue weighted by Crippen LogP contribution is 2.06. The lowest BCUT2D eigenvalue weighted by molar-refractivity contribution is 0.579. The van der Waals surface area contributed by atoms with Crippen LogP contribution in [0.4, 0.5) is 0 Å². The number of aryl methyl sites for hydroxylation is 2. The van der Waals surface area contributed by atoms with Crippen molar-refractivity contribution in [2.24, 2.45) is 14.1 Å². The van der Waals surface area contributed by atoms with Crippen LogP contribution in [0.2, 0.25) is 0 Å². The van der Waals surface area contributed by atoms with Crippen LogP contribution in [0.1, 0.15) is 5.69 Å². The Bertz CT molecular complexity index is 628. The third-order valence-electron chi connectivity index (χ3n) is 2.59. The van der Waals surface area contributed by atoms with Gasteiger partial charge in [-0.2, -0.15) is 10.2 Å². The molecule has 0 saturated heterocycles. The summed E-state index contributed by atoms with van der Waals surface area (Å²) >= 11 is 0. The number of hydrogen-bond donors (Lipinski definition) is 1. The van der Waals surface area contributed by atoms with Crippen molar-refractivity contribution in [3.05, 3.63) is 30.4 Å². The molecule has 0 aliphatic carbocycles. The second-order valence-electron chi connectivity index (χ2n) is 3.94. The summed E-state index contributed by atoms with van der Waals surface area (Å²) in [5, 5.41) is 7.86. The van der Waals surface area contributed by atoms with Gasteiger partial charge in [-0.15, -0.1) is 0 Å². The smallest absolute Gasteiger partial charge is 0.243 e. The minimum Gasteiger partial charge on any atom is -0.274 e. The van der Waals surface area contributed by atoms with Crippen molar-refractivity contribution < 1.29 is 8.42 Å². The summed E-state index contributed by atoms with van der Waals surface area (Å²) in [5.41, 5.74) is 0.976. The van der Waals surface area contributed by atoms with Gasteiger partial charge in [0.05, 0.1) is 6.20 Å². The van der Waals surface area contributed by atoms with Crippen LogP contribution in [0.5, 0.6) is 0 Å². The van der Waals surface area contributed by atoms with Gasteiger partial charge in [0.15, 0.2) is 0 Å². The highest BCUT2D eigenvalue weighted by Gasteiger charge is 2.15. The van der Waals surface area contributed by atoms with Gasteiger partial charge >= 0.3 is 0 Å². The Morgan fingerprint density at radius 1 is 1.33 bits per heavy atom. The second kappa shape index (κ2) is 4.91. The molecule has 2 rings (SSSR count). The van der Waals surface area contributed by atoms with Gasteiger partial charge in [0.1, 0.15) is 4.90 Å². The molecule has 0 amide bonds. The average molecular weight is 269 g/mol. The fourth-order valence-electron chi connectivity index (χ4n) is 1.58. The Kier molecular flexibility index (Phi) is 3.48. The standard InChI is InChI=1S/C10H15N5O2S/c1-14-8-10(7-12-14)18(16,17)13-6-4-9-3-5-11-15(9)2/h3,5,7-8,13H,4,6H2,1-2H3. The molecule has 1 N–H and O–H groups in total. The highest BCUT2D eigenvalue weighted by atomic mass is 32.2. The minimum atomic E-state index is -3.47. The fourth-order valence-corrected chi connectivity index (χ4v) is 2.60. The summed E-state index contributed by atoms with van der Waals surface area (Å²) in [6.45, 7) is 0.330. The van der Waals surface area contributed by atoms with Gasteiger partial charge in [-0.3, -0.25) is 9.36 Å². The first-order valence-corrected chi connectivity index (χ1v) is 6.92. The van der Waals surface area contributed by atoms with E-state index >= 15 is 0 Å². The van der Waals surface area contributed by atoms with Crippen LogP contribution >= 0.6 is 0 Å². The molecule has 0 aliphatic heterocycles. The second-order valence-corrected chi connectivity index (χ2v) is 5.71. The SMILES string of the molecule is Cn1cc(S(=O)(=O)NCCc2ccnn2C)cn1. The number of nitrogens with one attached hydrogen (secondary N) is 1. The van der Waals surface area contributed by atoms with Gasteiger partial charge in [0.2, 0.25) is 10.0 Å². The zero-order valence-electron chi connectivity index (χ0n) is 10.2. The lowest BCUT2D eigenvalue weighted by atomic mass is 10.3. The summed E-state index contributed by atoms with van der Waals surface area (Å²) in [6.07, 6.45) is 5.07. The van der Waals surface area contributed by atoms with Crippen molar-refractivity contribution in [3.8, 4) is 0 Å². The van der Waals surface area contributed by atoms with Crippen molar-refractivity contribution in [1.29, 1.82) is 0 Å². The van der Waals surface area contributed by atoms with E-state index in [1.165, 1.54) is 17.1 Å². The summed E-state index contributed by atoms with van der Waals surface area (Å²) in [6, 6.07) is 1.86. The Labute approximate surface area is 105 Å². The summed E-state index contributed by atoms with van der Waals surface area (Å²) < 4.78 is 29.5. The van der Waals surface area contributed by atoms with Crippen molar-refractivity contribution in [2.45, 2.75) is 11.3 Å². The zero-order valence-corrected chi connectivity index (χ0v) is 11.1. The van der Waals surface area contributed by atoms with Gasteiger partial charge in [-0.25, -0.2) is 13.1 Å². The lowest BCUT2D eigenvalue weighted by Gasteiger charge is -2.04. The molecule has 0 bridgehead atoms. The molecule has 0 radical (unpaired) electrons. The molecule has 7 nitrogen and oxygen atoms in total. The first-order chi connectivity index (χ1) is 8.49. The number of nitrogens with zero attached hydrogens (tertiary/aromatic N) is 4. The highest BCUT2D eigenvalue weighted by molar-refractivity contribution is 7.89. The van der Waals surface area contributed by atoms with Gasteiger partial charge in [-0.05, 0) is 6.07 Å². The minimum absolute atomic E-state index is 0.176. The van der Waals surface area contributed by atoms with Crippen LogP contribution in [0.15, 0.2) is 29.6 Å². The maximum atomic E-state index is 11.9. The molecule has 18 heavy (non-hydrogen) atoms. The Balaban J connectivity index is 1.96. The van der Waals surface area contributed by atoms with Gasteiger partial charge in [0.25, 0.3) is 0 Å². The molecule has 98 valence electrons. The van der Waals surface area contributed by atoms with Crippen molar-refractivity contribution >= 4 is 10.0 Å². The van der Waals surface area contributed by atoms with E-state index < -0.39 is 10.0 Å². The van der Waals surface area contributed by atoms with Crippen molar-refractivity contribution in [3.63, 3.8) is 0 Å². The predicted octanol–water partition coefficient (Wildman–Crippen LogP) is -0.325. The molecule has 2 aromatic rings. The topological polar surface area (TPSA) is 81.8 Å². The molecule has 2 aromatic heterocycles. The van der Waals surface area contributed by atoms with Crippen LogP contribution in [-0.2, 0) is 30.5 Å². The first kappa shape index (κ1) is 12.8. The Morgan fingerprint density at radius 3 is 2.67 bits per heavy atom. The van der Waals surface area contributed by atoms with Crippen LogP contribution in [-0.4, -0.2) is 34.5 Å². The average Bonchev–Trinajstić information content (AvgIpc) is 2.89. The zero-order chi connectivity index (χ0) is 13.2. The van der Waals surface area contributed by atoms with Gasteiger partial charge in [-0.1, -0.05) is 0 Å². The third-order valence-corrected chi connectivity index (χ3v) is 4.00. The van der Waals surface area contributed by atoms with Crippen LogP contribution in [0, 0.1) is 0 Å². The van der Waals surface area contributed by atoms with E-state index in [1.807, 2.05) is 13.1 Å². The van der Waals surface area contributed by atoms with Crippen molar-refractivity contribution in [1.82, 2.24) is 24.3 Å². The quantitative estimate of drug-likeness (QED) is 0.806.